The van der Waals surface area contributed by atoms with Crippen LogP contribution in [-0.4, -0.2) is 30.0 Å². The molecule has 2 aromatic heterocycles. The molecule has 1 amide bonds. The summed E-state index contributed by atoms with van der Waals surface area (Å²) in [6.07, 6.45) is 7.51. The van der Waals surface area contributed by atoms with E-state index in [9.17, 15) is 4.79 Å². The van der Waals surface area contributed by atoms with Crippen molar-refractivity contribution in [2.24, 2.45) is 0 Å². The Morgan fingerprint density at radius 1 is 1.60 bits per heavy atom. The summed E-state index contributed by atoms with van der Waals surface area (Å²) < 4.78 is 5.14. The zero-order chi connectivity index (χ0) is 13.8. The van der Waals surface area contributed by atoms with Crippen LogP contribution in [0.4, 0.5) is 5.13 Å². The summed E-state index contributed by atoms with van der Waals surface area (Å²) in [7, 11) is 0. The second-order valence-electron chi connectivity index (χ2n) is 4.60. The predicted octanol–water partition coefficient (Wildman–Crippen LogP) is 2.14. The molecular formula is C14H15N3O2S. The molecule has 1 aliphatic rings. The third-order valence-electron chi connectivity index (χ3n) is 3.17. The average molecular weight is 289 g/mol. The second-order valence-corrected chi connectivity index (χ2v) is 5.48. The normalized spacial score (nSPS) is 18.8. The van der Waals surface area contributed by atoms with E-state index in [0.29, 0.717) is 5.76 Å². The first-order chi connectivity index (χ1) is 9.81. The molecule has 3 rings (SSSR count). The Hall–Kier alpha value is -2.08. The summed E-state index contributed by atoms with van der Waals surface area (Å²) in [4.78, 5) is 18.3. The number of carbonyl (C=O) groups excluding carboxylic acids is 1. The number of nitrogens with zero attached hydrogens (tertiary/aromatic N) is 2. The molecule has 1 N–H and O–H groups in total. The minimum atomic E-state index is -0.0904. The van der Waals surface area contributed by atoms with Gasteiger partial charge in [-0.15, -0.1) is 11.3 Å². The van der Waals surface area contributed by atoms with E-state index in [1.165, 1.54) is 6.08 Å². The summed E-state index contributed by atoms with van der Waals surface area (Å²) in [5.41, 5.74) is 0. The molecule has 6 heteroatoms. The van der Waals surface area contributed by atoms with Crippen molar-refractivity contribution in [3.8, 4) is 0 Å². The van der Waals surface area contributed by atoms with Gasteiger partial charge < -0.3 is 14.6 Å². The van der Waals surface area contributed by atoms with E-state index >= 15 is 0 Å². The lowest BCUT2D eigenvalue weighted by Crippen LogP contribution is -2.36. The standard InChI is InChI=1S/C14H15N3O2S/c18-13(4-3-12-2-1-8-19-12)16-11-5-7-17(10-11)14-15-6-9-20-14/h1-4,6,8-9,11H,5,7,10H2,(H,16,18)/b4-3+/t11-/m1/s1. The fraction of sp³-hybridized carbons (Fsp3) is 0.286. The van der Waals surface area contributed by atoms with E-state index in [2.05, 4.69) is 15.2 Å². The largest absolute Gasteiger partial charge is 0.465 e. The monoisotopic (exact) mass is 289 g/mol. The molecule has 2 aromatic rings. The van der Waals surface area contributed by atoms with Crippen LogP contribution in [0, 0.1) is 0 Å². The molecule has 0 radical (unpaired) electrons. The highest BCUT2D eigenvalue weighted by molar-refractivity contribution is 7.13. The van der Waals surface area contributed by atoms with Gasteiger partial charge in [-0.05, 0) is 24.6 Å². The maximum absolute atomic E-state index is 11.8. The van der Waals surface area contributed by atoms with Crippen molar-refractivity contribution < 1.29 is 9.21 Å². The fourth-order valence-corrected chi connectivity index (χ4v) is 2.90. The van der Waals surface area contributed by atoms with Crippen LogP contribution in [0.15, 0.2) is 40.5 Å². The molecule has 0 aliphatic carbocycles. The van der Waals surface area contributed by atoms with Gasteiger partial charge in [-0.2, -0.15) is 0 Å². The first-order valence-electron chi connectivity index (χ1n) is 6.48. The molecular weight excluding hydrogens is 274 g/mol. The Kier molecular flexibility index (Phi) is 3.83. The molecule has 20 heavy (non-hydrogen) atoms. The highest BCUT2D eigenvalue weighted by Gasteiger charge is 2.24. The fourth-order valence-electron chi connectivity index (χ4n) is 2.22. The molecule has 0 aromatic carbocycles. The summed E-state index contributed by atoms with van der Waals surface area (Å²) in [5.74, 6) is 0.586. The number of furan rings is 1. The van der Waals surface area contributed by atoms with Gasteiger partial charge in [0.2, 0.25) is 5.91 Å². The number of thiazole rings is 1. The Balaban J connectivity index is 1.50. The summed E-state index contributed by atoms with van der Waals surface area (Å²) in [5, 5.41) is 5.99. The third kappa shape index (κ3) is 3.08. The van der Waals surface area contributed by atoms with E-state index in [4.69, 9.17) is 4.42 Å². The summed E-state index contributed by atoms with van der Waals surface area (Å²) in [6, 6.07) is 3.77. The Morgan fingerprint density at radius 3 is 3.30 bits per heavy atom. The molecule has 1 aliphatic heterocycles. The average Bonchev–Trinajstić information content (AvgIpc) is 3.18. The lowest BCUT2D eigenvalue weighted by atomic mass is 10.2. The van der Waals surface area contributed by atoms with Crippen molar-refractivity contribution in [3.05, 3.63) is 41.8 Å². The van der Waals surface area contributed by atoms with Crippen LogP contribution in [0.25, 0.3) is 6.08 Å². The number of carbonyl (C=O) groups is 1. The molecule has 0 saturated carbocycles. The highest BCUT2D eigenvalue weighted by Crippen LogP contribution is 2.22. The van der Waals surface area contributed by atoms with Gasteiger partial charge in [0, 0.05) is 36.8 Å². The molecule has 5 nitrogen and oxygen atoms in total. The first-order valence-corrected chi connectivity index (χ1v) is 7.36. The lowest BCUT2D eigenvalue weighted by molar-refractivity contribution is -0.117. The van der Waals surface area contributed by atoms with E-state index in [1.807, 2.05) is 11.4 Å². The van der Waals surface area contributed by atoms with Crippen molar-refractivity contribution in [1.29, 1.82) is 0 Å². The van der Waals surface area contributed by atoms with Crippen LogP contribution in [0.3, 0.4) is 0 Å². The van der Waals surface area contributed by atoms with E-state index in [-0.39, 0.29) is 11.9 Å². The van der Waals surface area contributed by atoms with Crippen molar-refractivity contribution >= 4 is 28.5 Å². The van der Waals surface area contributed by atoms with Crippen molar-refractivity contribution in [3.63, 3.8) is 0 Å². The Morgan fingerprint density at radius 2 is 2.55 bits per heavy atom. The van der Waals surface area contributed by atoms with Gasteiger partial charge in [-0.25, -0.2) is 4.98 Å². The van der Waals surface area contributed by atoms with Gasteiger partial charge in [-0.3, -0.25) is 4.79 Å². The summed E-state index contributed by atoms with van der Waals surface area (Å²) >= 11 is 1.63. The van der Waals surface area contributed by atoms with Crippen LogP contribution in [0.2, 0.25) is 0 Å². The predicted molar refractivity (Wildman–Crippen MR) is 78.6 cm³/mol. The number of hydrogen-bond acceptors (Lipinski definition) is 5. The smallest absolute Gasteiger partial charge is 0.244 e. The maximum atomic E-state index is 11.8. The molecule has 3 heterocycles. The van der Waals surface area contributed by atoms with Crippen molar-refractivity contribution in [2.75, 3.05) is 18.0 Å². The van der Waals surface area contributed by atoms with Crippen LogP contribution in [0.1, 0.15) is 12.2 Å². The Bertz CT molecular complexity index is 578. The molecule has 1 saturated heterocycles. The highest BCUT2D eigenvalue weighted by atomic mass is 32.1. The van der Waals surface area contributed by atoms with Crippen LogP contribution >= 0.6 is 11.3 Å². The molecule has 0 spiro atoms. The second kappa shape index (κ2) is 5.92. The van der Waals surface area contributed by atoms with Gasteiger partial charge in [0.05, 0.1) is 6.26 Å². The first kappa shape index (κ1) is 12.9. The topological polar surface area (TPSA) is 58.4 Å². The van der Waals surface area contributed by atoms with Crippen LogP contribution < -0.4 is 10.2 Å². The Labute approximate surface area is 120 Å². The zero-order valence-corrected chi connectivity index (χ0v) is 11.7. The number of aromatic nitrogens is 1. The van der Waals surface area contributed by atoms with Gasteiger partial charge in [0.25, 0.3) is 0 Å². The zero-order valence-electron chi connectivity index (χ0n) is 10.9. The van der Waals surface area contributed by atoms with Gasteiger partial charge in [0.1, 0.15) is 5.76 Å². The lowest BCUT2D eigenvalue weighted by Gasteiger charge is -2.15. The van der Waals surface area contributed by atoms with E-state index in [0.717, 1.165) is 24.6 Å². The maximum Gasteiger partial charge on any atom is 0.244 e. The SMILES string of the molecule is O=C(/C=C/c1ccco1)N[C@@H]1CCN(c2nccs2)C1. The number of amides is 1. The molecule has 104 valence electrons. The number of hydrogen-bond donors (Lipinski definition) is 1. The quantitative estimate of drug-likeness (QED) is 0.876. The molecule has 1 fully saturated rings. The van der Waals surface area contributed by atoms with Crippen LogP contribution in [-0.2, 0) is 4.79 Å². The van der Waals surface area contributed by atoms with Crippen LogP contribution in [0.5, 0.6) is 0 Å². The molecule has 1 atom stereocenters. The minimum absolute atomic E-state index is 0.0904. The number of rotatable bonds is 4. The van der Waals surface area contributed by atoms with Gasteiger partial charge in [-0.1, -0.05) is 0 Å². The number of nitrogens with one attached hydrogen (secondary N) is 1. The third-order valence-corrected chi connectivity index (χ3v) is 4.00. The molecule has 0 bridgehead atoms. The van der Waals surface area contributed by atoms with Crippen molar-refractivity contribution in [1.82, 2.24) is 10.3 Å². The number of anilines is 1. The van der Waals surface area contributed by atoms with E-state index < -0.39 is 0 Å². The van der Waals surface area contributed by atoms with Crippen molar-refractivity contribution in [2.45, 2.75) is 12.5 Å². The molecule has 0 unspecified atom stereocenters. The minimum Gasteiger partial charge on any atom is -0.465 e. The van der Waals surface area contributed by atoms with Gasteiger partial charge >= 0.3 is 0 Å². The summed E-state index contributed by atoms with van der Waals surface area (Å²) in [6.45, 7) is 1.74. The van der Waals surface area contributed by atoms with Gasteiger partial charge in [0.15, 0.2) is 5.13 Å². The van der Waals surface area contributed by atoms with E-state index in [1.54, 1.807) is 35.9 Å².